The number of carbonyl (C=O) groups is 2. The van der Waals surface area contributed by atoms with E-state index in [4.69, 9.17) is 14.2 Å². The molecule has 0 aliphatic rings. The lowest BCUT2D eigenvalue weighted by atomic mass is 10.2. The van der Waals surface area contributed by atoms with Gasteiger partial charge in [-0.1, -0.05) is 24.6 Å². The van der Waals surface area contributed by atoms with E-state index in [1.165, 1.54) is 42.6 Å². The van der Waals surface area contributed by atoms with E-state index in [-0.39, 0.29) is 16.2 Å². The molecule has 4 rings (SSSR count). The number of carbonyl (C=O) groups excluding carboxylic acids is 2. The van der Waals surface area contributed by atoms with Gasteiger partial charge in [0.05, 0.1) is 29.9 Å². The van der Waals surface area contributed by atoms with Crippen LogP contribution >= 0.6 is 0 Å². The van der Waals surface area contributed by atoms with E-state index in [0.29, 0.717) is 41.5 Å². The van der Waals surface area contributed by atoms with Crippen molar-refractivity contribution in [3.8, 4) is 17.2 Å². The largest absolute Gasteiger partial charge is 0.494 e. The molecule has 2 N–H and O–H groups in total. The Morgan fingerprint density at radius 2 is 1.50 bits per heavy atom. The van der Waals surface area contributed by atoms with Crippen LogP contribution < -0.4 is 24.4 Å². The lowest BCUT2D eigenvalue weighted by molar-refractivity contribution is 0.0728. The zero-order valence-corrected chi connectivity index (χ0v) is 25.4. The number of benzene rings is 4. The van der Waals surface area contributed by atoms with Gasteiger partial charge in [0.2, 0.25) is 0 Å². The highest BCUT2D eigenvalue weighted by molar-refractivity contribution is 7.92. The molecule has 0 heterocycles. The summed E-state index contributed by atoms with van der Waals surface area (Å²) in [6, 6.07) is 24.0. The third-order valence-corrected chi connectivity index (χ3v) is 7.54. The molecule has 0 aliphatic heterocycles. The number of anilines is 1. The van der Waals surface area contributed by atoms with E-state index < -0.39 is 21.9 Å². The Labute approximate surface area is 256 Å². The number of rotatable bonds is 13. The van der Waals surface area contributed by atoms with Gasteiger partial charge < -0.3 is 14.2 Å². The zero-order valence-electron chi connectivity index (χ0n) is 24.6. The molecule has 0 saturated heterocycles. The zero-order chi connectivity index (χ0) is 31.5. The van der Waals surface area contributed by atoms with E-state index >= 15 is 0 Å². The minimum absolute atomic E-state index is 0.140. The molecule has 10 nitrogen and oxygen atoms in total. The number of ether oxygens (including phenoxy) is 3. The number of amides is 1. The van der Waals surface area contributed by atoms with Gasteiger partial charge in [0.15, 0.2) is 11.5 Å². The fourth-order valence-electron chi connectivity index (χ4n) is 3.87. The molecule has 0 unspecified atom stereocenters. The van der Waals surface area contributed by atoms with E-state index in [1.807, 2.05) is 13.8 Å². The topological polar surface area (TPSA) is 132 Å². The lowest BCUT2D eigenvalue weighted by Crippen LogP contribution is -2.18. The average molecular weight is 616 g/mol. The van der Waals surface area contributed by atoms with Crippen LogP contribution in [0.1, 0.15) is 52.1 Å². The molecular weight excluding hydrogens is 582 g/mol. The summed E-state index contributed by atoms with van der Waals surface area (Å²) in [6.45, 7) is 6.62. The molecule has 0 spiro atoms. The Hall–Kier alpha value is -5.16. The molecule has 0 atom stereocenters. The molecule has 0 aliphatic carbocycles. The molecule has 228 valence electrons. The predicted molar refractivity (Wildman–Crippen MR) is 168 cm³/mol. The van der Waals surface area contributed by atoms with Crippen LogP contribution in [0.25, 0.3) is 0 Å². The minimum Gasteiger partial charge on any atom is -0.494 e. The van der Waals surface area contributed by atoms with Crippen LogP contribution in [0.2, 0.25) is 0 Å². The van der Waals surface area contributed by atoms with E-state index in [9.17, 15) is 18.0 Å². The Morgan fingerprint density at radius 1 is 0.818 bits per heavy atom. The average Bonchev–Trinajstić information content (AvgIpc) is 3.02. The summed E-state index contributed by atoms with van der Waals surface area (Å²) in [5.41, 5.74) is 4.93. The highest BCUT2D eigenvalue weighted by atomic mass is 32.2. The van der Waals surface area contributed by atoms with Crippen molar-refractivity contribution >= 4 is 33.8 Å². The number of sulfonamides is 1. The number of nitrogens with zero attached hydrogens (tertiary/aromatic N) is 1. The van der Waals surface area contributed by atoms with E-state index in [1.54, 1.807) is 61.5 Å². The van der Waals surface area contributed by atoms with Gasteiger partial charge in [-0.3, -0.25) is 9.52 Å². The summed E-state index contributed by atoms with van der Waals surface area (Å²) in [5, 5.41) is 4.00. The van der Waals surface area contributed by atoms with Gasteiger partial charge in [0.1, 0.15) is 5.75 Å². The van der Waals surface area contributed by atoms with Crippen molar-refractivity contribution in [2.24, 2.45) is 5.10 Å². The smallest absolute Gasteiger partial charge is 0.343 e. The number of hydrogen-bond acceptors (Lipinski definition) is 8. The summed E-state index contributed by atoms with van der Waals surface area (Å²) in [4.78, 5) is 25.4. The summed E-state index contributed by atoms with van der Waals surface area (Å²) in [7, 11) is -3.76. The molecule has 0 saturated carbocycles. The van der Waals surface area contributed by atoms with Crippen molar-refractivity contribution in [3.05, 3.63) is 113 Å². The van der Waals surface area contributed by atoms with Crippen LogP contribution in [0.5, 0.6) is 17.2 Å². The van der Waals surface area contributed by atoms with Gasteiger partial charge in [-0.15, -0.1) is 0 Å². The molecule has 4 aromatic carbocycles. The van der Waals surface area contributed by atoms with E-state index in [2.05, 4.69) is 15.2 Å². The monoisotopic (exact) mass is 615 g/mol. The van der Waals surface area contributed by atoms with Crippen molar-refractivity contribution in [2.45, 2.75) is 32.1 Å². The quantitative estimate of drug-likeness (QED) is 0.0820. The van der Waals surface area contributed by atoms with Crippen LogP contribution in [0.15, 0.2) is 101 Å². The Balaban J connectivity index is 1.35. The minimum atomic E-state index is -3.76. The molecule has 44 heavy (non-hydrogen) atoms. The van der Waals surface area contributed by atoms with Crippen molar-refractivity contribution < 1.29 is 32.2 Å². The molecule has 1 amide bonds. The summed E-state index contributed by atoms with van der Waals surface area (Å²) >= 11 is 0. The molecule has 0 fully saturated rings. The van der Waals surface area contributed by atoms with Gasteiger partial charge >= 0.3 is 5.97 Å². The van der Waals surface area contributed by atoms with Crippen LogP contribution in [-0.4, -0.2) is 39.7 Å². The van der Waals surface area contributed by atoms with Crippen molar-refractivity contribution in [3.63, 3.8) is 0 Å². The fourth-order valence-corrected chi connectivity index (χ4v) is 4.93. The molecule has 0 bridgehead atoms. The number of hydrazone groups is 1. The first-order valence-corrected chi connectivity index (χ1v) is 15.4. The Kier molecular flexibility index (Phi) is 10.7. The second-order valence-corrected chi connectivity index (χ2v) is 11.3. The predicted octanol–water partition coefficient (Wildman–Crippen LogP) is 5.97. The van der Waals surface area contributed by atoms with Crippen LogP contribution in [0, 0.1) is 6.92 Å². The standard InChI is InChI=1S/C33H33N3O7S/c1-4-20-42-28-15-11-26(12-16-28)33(38)43-30-19-8-24(21-31(30)41-5-2)22-34-35-32(37)25-9-13-27(14-10-25)36-44(39,40)29-17-6-23(3)7-18-29/h6-19,21-22,36H,4-5,20H2,1-3H3,(H,35,37)/b34-22+. The molecular formula is C33H33N3O7S. The van der Waals surface area contributed by atoms with Crippen molar-refractivity contribution in [2.75, 3.05) is 17.9 Å². The Bertz CT molecular complexity index is 1720. The summed E-state index contributed by atoms with van der Waals surface area (Å²) < 4.78 is 44.5. The fraction of sp³-hybridized carbons (Fsp3) is 0.182. The maximum absolute atomic E-state index is 12.7. The second kappa shape index (κ2) is 14.8. The SMILES string of the molecule is CCCOc1ccc(C(=O)Oc2ccc(/C=N/NC(=O)c3ccc(NS(=O)(=O)c4ccc(C)cc4)cc3)cc2OCC)cc1. The summed E-state index contributed by atoms with van der Waals surface area (Å²) in [5.74, 6) is 0.212. The second-order valence-electron chi connectivity index (χ2n) is 9.60. The third kappa shape index (κ3) is 8.68. The van der Waals surface area contributed by atoms with Gasteiger partial charge in [-0.05, 0) is 105 Å². The van der Waals surface area contributed by atoms with Gasteiger partial charge in [0.25, 0.3) is 15.9 Å². The van der Waals surface area contributed by atoms with Crippen LogP contribution in [0.3, 0.4) is 0 Å². The molecule has 0 aromatic heterocycles. The number of aryl methyl sites for hydroxylation is 1. The van der Waals surface area contributed by atoms with Crippen LogP contribution in [-0.2, 0) is 10.0 Å². The highest BCUT2D eigenvalue weighted by Crippen LogP contribution is 2.29. The normalized spacial score (nSPS) is 11.2. The first-order valence-electron chi connectivity index (χ1n) is 13.9. The first kappa shape index (κ1) is 31.8. The molecule has 4 aromatic rings. The first-order chi connectivity index (χ1) is 21.2. The maximum Gasteiger partial charge on any atom is 0.343 e. The highest BCUT2D eigenvalue weighted by Gasteiger charge is 2.15. The van der Waals surface area contributed by atoms with Gasteiger partial charge in [-0.25, -0.2) is 18.6 Å². The Morgan fingerprint density at radius 3 is 2.16 bits per heavy atom. The van der Waals surface area contributed by atoms with Crippen LogP contribution in [0.4, 0.5) is 5.69 Å². The molecule has 0 radical (unpaired) electrons. The number of esters is 1. The van der Waals surface area contributed by atoms with Gasteiger partial charge in [0, 0.05) is 11.3 Å². The van der Waals surface area contributed by atoms with Crippen molar-refractivity contribution in [1.82, 2.24) is 5.43 Å². The van der Waals surface area contributed by atoms with Gasteiger partial charge in [-0.2, -0.15) is 5.10 Å². The summed E-state index contributed by atoms with van der Waals surface area (Å²) in [6.07, 6.45) is 2.31. The lowest BCUT2D eigenvalue weighted by Gasteiger charge is -2.12. The van der Waals surface area contributed by atoms with E-state index in [0.717, 1.165) is 12.0 Å². The van der Waals surface area contributed by atoms with Crippen molar-refractivity contribution in [1.29, 1.82) is 0 Å². The maximum atomic E-state index is 12.7. The number of nitrogens with one attached hydrogen (secondary N) is 2. The third-order valence-electron chi connectivity index (χ3n) is 6.14. The number of hydrogen-bond donors (Lipinski definition) is 2. The molecule has 11 heteroatoms.